The van der Waals surface area contributed by atoms with Gasteiger partial charge in [-0.25, -0.2) is 0 Å². The molecule has 2 aromatic heterocycles. The lowest BCUT2D eigenvalue weighted by molar-refractivity contribution is -0.181. The van der Waals surface area contributed by atoms with Gasteiger partial charge in [-0.1, -0.05) is 24.3 Å². The highest BCUT2D eigenvalue weighted by atomic mass is 19.4. The number of esters is 1. The van der Waals surface area contributed by atoms with E-state index in [2.05, 4.69) is 15.3 Å². The number of pyridine rings is 2. The standard InChI is InChI=1S/C30H30F3N3O3/c1-28(2,3)27(38)39-17-24(21-14-15-34-23-9-7-6-8-20(21)23)36-26(37)19-10-12-22-18(16-19)11-13-25(35-22)29(4,5)30(31,32)33/h6-16,24H,17H2,1-5H3,(H,36,37). The molecule has 6 nitrogen and oxygen atoms in total. The molecule has 0 aliphatic heterocycles. The summed E-state index contributed by atoms with van der Waals surface area (Å²) in [7, 11) is 0. The number of rotatable bonds is 6. The lowest BCUT2D eigenvalue weighted by Gasteiger charge is -2.27. The average molecular weight is 538 g/mol. The van der Waals surface area contributed by atoms with Gasteiger partial charge in [0.2, 0.25) is 0 Å². The van der Waals surface area contributed by atoms with Crippen LogP contribution in [0.15, 0.2) is 66.9 Å². The molecular formula is C30H30F3N3O3. The number of hydrogen-bond donors (Lipinski definition) is 1. The second-order valence-corrected chi connectivity index (χ2v) is 11.0. The van der Waals surface area contributed by atoms with E-state index in [1.807, 2.05) is 24.3 Å². The molecule has 0 radical (unpaired) electrons. The zero-order valence-corrected chi connectivity index (χ0v) is 22.4. The first-order valence-corrected chi connectivity index (χ1v) is 12.5. The molecule has 1 atom stereocenters. The maximum absolute atomic E-state index is 13.5. The van der Waals surface area contributed by atoms with Crippen LogP contribution in [-0.4, -0.2) is 34.6 Å². The highest BCUT2D eigenvalue weighted by molar-refractivity contribution is 5.98. The Bertz CT molecular complexity index is 1540. The van der Waals surface area contributed by atoms with Crippen LogP contribution in [0.2, 0.25) is 0 Å². The molecule has 1 N–H and O–H groups in total. The van der Waals surface area contributed by atoms with E-state index in [0.29, 0.717) is 10.9 Å². The fourth-order valence-corrected chi connectivity index (χ4v) is 4.01. The molecule has 2 aromatic carbocycles. The van der Waals surface area contributed by atoms with Crippen molar-refractivity contribution < 1.29 is 27.5 Å². The fourth-order valence-electron chi connectivity index (χ4n) is 4.01. The quantitative estimate of drug-likeness (QED) is 0.278. The third kappa shape index (κ3) is 5.87. The molecule has 204 valence electrons. The zero-order chi connectivity index (χ0) is 28.6. The average Bonchev–Trinajstić information content (AvgIpc) is 2.88. The number of para-hydroxylation sites is 1. The summed E-state index contributed by atoms with van der Waals surface area (Å²) in [6.07, 6.45) is -2.83. The molecule has 0 saturated carbocycles. The van der Waals surface area contributed by atoms with Gasteiger partial charge in [0.15, 0.2) is 0 Å². The maximum Gasteiger partial charge on any atom is 0.399 e. The van der Waals surface area contributed by atoms with Gasteiger partial charge in [-0.15, -0.1) is 0 Å². The number of alkyl halides is 3. The van der Waals surface area contributed by atoms with Gasteiger partial charge in [0.05, 0.1) is 28.2 Å². The number of amides is 1. The van der Waals surface area contributed by atoms with Crippen molar-refractivity contribution in [2.45, 2.75) is 52.3 Å². The number of hydrogen-bond acceptors (Lipinski definition) is 5. The normalized spacial score (nSPS) is 13.3. The van der Waals surface area contributed by atoms with E-state index < -0.39 is 34.9 Å². The van der Waals surface area contributed by atoms with Crippen molar-refractivity contribution in [2.24, 2.45) is 5.41 Å². The molecule has 1 unspecified atom stereocenters. The molecule has 0 bridgehead atoms. The predicted octanol–water partition coefficient (Wildman–Crippen LogP) is 6.68. The number of benzene rings is 2. The number of carbonyl (C=O) groups is 2. The summed E-state index contributed by atoms with van der Waals surface area (Å²) in [4.78, 5) is 34.5. The highest BCUT2D eigenvalue weighted by Crippen LogP contribution is 2.40. The van der Waals surface area contributed by atoms with Crippen molar-refractivity contribution in [2.75, 3.05) is 6.61 Å². The molecule has 9 heteroatoms. The molecule has 0 spiro atoms. The van der Waals surface area contributed by atoms with Crippen LogP contribution in [0, 0.1) is 5.41 Å². The number of carbonyl (C=O) groups excluding carboxylic acids is 2. The monoisotopic (exact) mass is 537 g/mol. The van der Waals surface area contributed by atoms with Crippen molar-refractivity contribution in [3.05, 3.63) is 83.7 Å². The van der Waals surface area contributed by atoms with Crippen molar-refractivity contribution >= 4 is 33.7 Å². The van der Waals surface area contributed by atoms with Crippen LogP contribution >= 0.6 is 0 Å². The van der Waals surface area contributed by atoms with E-state index >= 15 is 0 Å². The Hall–Kier alpha value is -4.01. The smallest absolute Gasteiger partial charge is 0.399 e. The van der Waals surface area contributed by atoms with Crippen molar-refractivity contribution in [1.82, 2.24) is 15.3 Å². The third-order valence-electron chi connectivity index (χ3n) is 6.66. The van der Waals surface area contributed by atoms with E-state index in [1.54, 1.807) is 39.1 Å². The number of nitrogens with zero attached hydrogens (tertiary/aromatic N) is 2. The maximum atomic E-state index is 13.5. The van der Waals surface area contributed by atoms with E-state index in [9.17, 15) is 22.8 Å². The van der Waals surface area contributed by atoms with Gasteiger partial charge >= 0.3 is 12.1 Å². The van der Waals surface area contributed by atoms with Crippen LogP contribution in [0.5, 0.6) is 0 Å². The second-order valence-electron chi connectivity index (χ2n) is 11.0. The zero-order valence-electron chi connectivity index (χ0n) is 22.4. The van der Waals surface area contributed by atoms with Gasteiger partial charge in [-0.3, -0.25) is 19.6 Å². The Morgan fingerprint density at radius 3 is 2.33 bits per heavy atom. The Labute approximate surface area is 224 Å². The molecule has 4 aromatic rings. The Balaban J connectivity index is 1.65. The first kappa shape index (κ1) is 28.0. The summed E-state index contributed by atoms with van der Waals surface area (Å²) in [6.45, 7) is 7.30. The largest absolute Gasteiger partial charge is 0.463 e. The van der Waals surface area contributed by atoms with Gasteiger partial charge in [0.1, 0.15) is 12.0 Å². The third-order valence-corrected chi connectivity index (χ3v) is 6.66. The molecular weight excluding hydrogens is 507 g/mol. The van der Waals surface area contributed by atoms with E-state index in [4.69, 9.17) is 4.74 Å². The topological polar surface area (TPSA) is 81.2 Å². The predicted molar refractivity (Wildman–Crippen MR) is 143 cm³/mol. The number of nitrogens with one attached hydrogen (secondary N) is 1. The van der Waals surface area contributed by atoms with Crippen molar-refractivity contribution in [3.8, 4) is 0 Å². The Morgan fingerprint density at radius 2 is 1.64 bits per heavy atom. The second kappa shape index (κ2) is 10.3. The van der Waals surface area contributed by atoms with Crippen LogP contribution in [0.3, 0.4) is 0 Å². The van der Waals surface area contributed by atoms with Gasteiger partial charge in [-0.2, -0.15) is 13.2 Å². The number of halogens is 3. The molecule has 1 amide bonds. The lowest BCUT2D eigenvalue weighted by atomic mass is 9.87. The summed E-state index contributed by atoms with van der Waals surface area (Å²) in [5, 5.41) is 4.28. The first-order valence-electron chi connectivity index (χ1n) is 12.5. The summed E-state index contributed by atoms with van der Waals surface area (Å²) in [6, 6.07) is 16.0. The minimum absolute atomic E-state index is 0.0964. The SMILES string of the molecule is CC(C)(C)C(=O)OCC(NC(=O)c1ccc2nc(C(C)(C)C(F)(F)F)ccc2c1)c1ccnc2ccccc12. The molecule has 0 aliphatic carbocycles. The molecule has 2 heterocycles. The molecule has 39 heavy (non-hydrogen) atoms. The number of aromatic nitrogens is 2. The summed E-state index contributed by atoms with van der Waals surface area (Å²) >= 11 is 0. The molecule has 0 aliphatic rings. The van der Waals surface area contributed by atoms with E-state index in [1.165, 1.54) is 24.3 Å². The first-order chi connectivity index (χ1) is 18.2. The van der Waals surface area contributed by atoms with Gasteiger partial charge in [-0.05, 0) is 76.6 Å². The highest BCUT2D eigenvalue weighted by Gasteiger charge is 2.49. The Morgan fingerprint density at radius 1 is 0.923 bits per heavy atom. The van der Waals surface area contributed by atoms with Crippen molar-refractivity contribution in [3.63, 3.8) is 0 Å². The fraction of sp³-hybridized carbons (Fsp3) is 0.333. The van der Waals surface area contributed by atoms with Gasteiger partial charge < -0.3 is 10.1 Å². The van der Waals surface area contributed by atoms with Gasteiger partial charge in [0.25, 0.3) is 5.91 Å². The Kier molecular flexibility index (Phi) is 7.38. The molecule has 0 saturated heterocycles. The molecule has 0 fully saturated rings. The lowest BCUT2D eigenvalue weighted by Crippen LogP contribution is -2.37. The van der Waals surface area contributed by atoms with Gasteiger partial charge in [0, 0.05) is 22.5 Å². The van der Waals surface area contributed by atoms with Crippen LogP contribution in [0.4, 0.5) is 13.2 Å². The molecule has 4 rings (SSSR count). The van der Waals surface area contributed by atoms with E-state index in [0.717, 1.165) is 30.3 Å². The summed E-state index contributed by atoms with van der Waals surface area (Å²) < 4.78 is 46.1. The summed E-state index contributed by atoms with van der Waals surface area (Å²) in [5.41, 5.74) is -0.857. The van der Waals surface area contributed by atoms with Crippen LogP contribution in [0.1, 0.15) is 62.3 Å². The minimum atomic E-state index is -4.46. The van der Waals surface area contributed by atoms with Crippen LogP contribution in [0.25, 0.3) is 21.8 Å². The van der Waals surface area contributed by atoms with Crippen molar-refractivity contribution in [1.29, 1.82) is 0 Å². The van der Waals surface area contributed by atoms with Crippen LogP contribution in [-0.2, 0) is 14.9 Å². The van der Waals surface area contributed by atoms with Crippen LogP contribution < -0.4 is 5.32 Å². The number of ether oxygens (including phenoxy) is 1. The van der Waals surface area contributed by atoms with E-state index in [-0.39, 0.29) is 17.9 Å². The minimum Gasteiger partial charge on any atom is -0.463 e. The number of fused-ring (bicyclic) bond motifs is 2. The summed E-state index contributed by atoms with van der Waals surface area (Å²) in [5.74, 6) is -0.844.